The van der Waals surface area contributed by atoms with E-state index in [0.29, 0.717) is 17.2 Å². The molecule has 0 saturated heterocycles. The highest BCUT2D eigenvalue weighted by Crippen LogP contribution is 2.23. The Bertz CT molecular complexity index is 955. The summed E-state index contributed by atoms with van der Waals surface area (Å²) in [6.45, 7) is 0.147. The minimum absolute atomic E-state index is 0.147. The Morgan fingerprint density at radius 3 is 2.12 bits per heavy atom. The average molecular weight is 369 g/mol. The first-order valence-electron chi connectivity index (χ1n) is 8.03. The van der Waals surface area contributed by atoms with Crippen LogP contribution in [0.3, 0.4) is 0 Å². The van der Waals surface area contributed by atoms with Gasteiger partial charge >= 0.3 is 0 Å². The molecular formula is C20H19NO4S. The molecule has 3 aromatic carbocycles. The molecule has 0 unspecified atom stereocenters. The number of sulfonamides is 1. The highest BCUT2D eigenvalue weighted by atomic mass is 32.2. The maximum atomic E-state index is 12.5. The van der Waals surface area contributed by atoms with Gasteiger partial charge in [0.25, 0.3) is 0 Å². The summed E-state index contributed by atoms with van der Waals surface area (Å²) in [6, 6.07) is 22.9. The zero-order valence-corrected chi connectivity index (χ0v) is 15.1. The first kappa shape index (κ1) is 18.0. The van der Waals surface area contributed by atoms with Crippen molar-refractivity contribution in [1.82, 2.24) is 4.72 Å². The zero-order chi connectivity index (χ0) is 18.4. The van der Waals surface area contributed by atoms with Gasteiger partial charge in [0.05, 0.1) is 12.0 Å². The van der Waals surface area contributed by atoms with E-state index < -0.39 is 10.0 Å². The summed E-state index contributed by atoms with van der Waals surface area (Å²) in [7, 11) is -2.08. The van der Waals surface area contributed by atoms with Gasteiger partial charge in [0.15, 0.2) is 0 Å². The van der Waals surface area contributed by atoms with Crippen LogP contribution >= 0.6 is 0 Å². The average Bonchev–Trinajstić information content (AvgIpc) is 2.68. The van der Waals surface area contributed by atoms with Crippen LogP contribution in [0, 0.1) is 0 Å². The number of hydrogen-bond acceptors (Lipinski definition) is 4. The van der Waals surface area contributed by atoms with Crippen LogP contribution in [-0.2, 0) is 16.6 Å². The number of nitrogens with one attached hydrogen (secondary N) is 1. The second-order valence-electron chi connectivity index (χ2n) is 5.52. The Labute approximate surface area is 153 Å². The molecule has 26 heavy (non-hydrogen) atoms. The highest BCUT2D eigenvalue weighted by molar-refractivity contribution is 7.89. The van der Waals surface area contributed by atoms with E-state index in [4.69, 9.17) is 9.47 Å². The molecule has 0 radical (unpaired) electrons. The van der Waals surface area contributed by atoms with E-state index in [9.17, 15) is 8.42 Å². The number of rotatable bonds is 7. The van der Waals surface area contributed by atoms with Gasteiger partial charge in [-0.25, -0.2) is 13.1 Å². The van der Waals surface area contributed by atoms with E-state index in [1.807, 2.05) is 48.5 Å². The Hall–Kier alpha value is -2.83. The van der Waals surface area contributed by atoms with Gasteiger partial charge in [-0.3, -0.25) is 0 Å². The van der Waals surface area contributed by atoms with E-state index in [-0.39, 0.29) is 11.4 Å². The van der Waals surface area contributed by atoms with Gasteiger partial charge in [-0.05, 0) is 42.5 Å². The van der Waals surface area contributed by atoms with Crippen LogP contribution in [0.25, 0.3) is 0 Å². The summed E-state index contributed by atoms with van der Waals surface area (Å²) >= 11 is 0. The van der Waals surface area contributed by atoms with Gasteiger partial charge in [-0.2, -0.15) is 0 Å². The van der Waals surface area contributed by atoms with Crippen molar-refractivity contribution in [2.45, 2.75) is 11.4 Å². The summed E-state index contributed by atoms with van der Waals surface area (Å²) in [5, 5.41) is 0. The molecule has 0 aliphatic heterocycles. The van der Waals surface area contributed by atoms with Gasteiger partial charge in [-0.1, -0.05) is 36.4 Å². The smallest absolute Gasteiger partial charge is 0.240 e. The van der Waals surface area contributed by atoms with E-state index in [1.54, 1.807) is 25.3 Å². The molecule has 0 fully saturated rings. The molecule has 0 bridgehead atoms. The lowest BCUT2D eigenvalue weighted by molar-refractivity contribution is 0.409. The largest absolute Gasteiger partial charge is 0.496 e. The van der Waals surface area contributed by atoms with E-state index in [1.165, 1.54) is 12.1 Å². The quantitative estimate of drug-likeness (QED) is 0.684. The lowest BCUT2D eigenvalue weighted by Crippen LogP contribution is -2.23. The molecule has 3 rings (SSSR count). The number of methoxy groups -OCH3 is 1. The zero-order valence-electron chi connectivity index (χ0n) is 14.3. The summed E-state index contributed by atoms with van der Waals surface area (Å²) in [4.78, 5) is 0.174. The fraction of sp³-hybridized carbons (Fsp3) is 0.100. The third kappa shape index (κ3) is 4.41. The first-order valence-corrected chi connectivity index (χ1v) is 9.51. The van der Waals surface area contributed by atoms with E-state index in [2.05, 4.69) is 4.72 Å². The molecule has 1 N–H and O–H groups in total. The van der Waals surface area contributed by atoms with Crippen molar-refractivity contribution in [3.8, 4) is 17.2 Å². The monoisotopic (exact) mass is 369 g/mol. The second kappa shape index (κ2) is 8.03. The van der Waals surface area contributed by atoms with Crippen LogP contribution in [0.4, 0.5) is 0 Å². The number of ether oxygens (including phenoxy) is 2. The van der Waals surface area contributed by atoms with Crippen LogP contribution in [0.15, 0.2) is 83.8 Å². The Kier molecular flexibility index (Phi) is 5.55. The van der Waals surface area contributed by atoms with Crippen LogP contribution in [0.1, 0.15) is 5.56 Å². The van der Waals surface area contributed by atoms with E-state index >= 15 is 0 Å². The number of benzene rings is 3. The normalized spacial score (nSPS) is 11.1. The SMILES string of the molecule is COc1ccccc1CNS(=O)(=O)c1ccc(Oc2ccccc2)cc1. The van der Waals surface area contributed by atoms with Crippen molar-refractivity contribution in [3.63, 3.8) is 0 Å². The van der Waals surface area contributed by atoms with Crippen molar-refractivity contribution in [2.24, 2.45) is 0 Å². The molecule has 0 aliphatic rings. The predicted octanol–water partition coefficient (Wildman–Crippen LogP) is 3.97. The van der Waals surface area contributed by atoms with Crippen molar-refractivity contribution in [2.75, 3.05) is 7.11 Å². The Morgan fingerprint density at radius 1 is 0.808 bits per heavy atom. The van der Waals surface area contributed by atoms with Crippen molar-refractivity contribution >= 4 is 10.0 Å². The summed E-state index contributed by atoms with van der Waals surface area (Å²) < 4.78 is 38.5. The predicted molar refractivity (Wildman–Crippen MR) is 100.0 cm³/mol. The van der Waals surface area contributed by atoms with Gasteiger partial charge < -0.3 is 9.47 Å². The van der Waals surface area contributed by atoms with Gasteiger partial charge in [0, 0.05) is 12.1 Å². The Balaban J connectivity index is 1.69. The lowest BCUT2D eigenvalue weighted by atomic mass is 10.2. The maximum Gasteiger partial charge on any atom is 0.240 e. The van der Waals surface area contributed by atoms with Crippen LogP contribution in [0.5, 0.6) is 17.2 Å². The van der Waals surface area contributed by atoms with Crippen molar-refractivity contribution in [1.29, 1.82) is 0 Å². The van der Waals surface area contributed by atoms with Crippen molar-refractivity contribution < 1.29 is 17.9 Å². The minimum Gasteiger partial charge on any atom is -0.496 e. The molecule has 3 aromatic rings. The highest BCUT2D eigenvalue weighted by Gasteiger charge is 2.15. The molecule has 0 atom stereocenters. The molecule has 0 aliphatic carbocycles. The molecule has 0 amide bonds. The molecular weight excluding hydrogens is 350 g/mol. The van der Waals surface area contributed by atoms with Gasteiger partial charge in [0.1, 0.15) is 17.2 Å². The molecule has 5 nitrogen and oxygen atoms in total. The molecule has 6 heteroatoms. The second-order valence-corrected chi connectivity index (χ2v) is 7.29. The van der Waals surface area contributed by atoms with Crippen LogP contribution in [0.2, 0.25) is 0 Å². The molecule has 0 aromatic heterocycles. The van der Waals surface area contributed by atoms with E-state index in [0.717, 1.165) is 5.56 Å². The molecule has 0 saturated carbocycles. The summed E-state index contributed by atoms with van der Waals surface area (Å²) in [6.07, 6.45) is 0. The van der Waals surface area contributed by atoms with Crippen molar-refractivity contribution in [3.05, 3.63) is 84.4 Å². The summed E-state index contributed by atoms with van der Waals surface area (Å²) in [5.41, 5.74) is 0.766. The fourth-order valence-electron chi connectivity index (χ4n) is 2.42. The number of para-hydroxylation sites is 2. The van der Waals surface area contributed by atoms with Gasteiger partial charge in [0.2, 0.25) is 10.0 Å². The topological polar surface area (TPSA) is 64.6 Å². The van der Waals surface area contributed by atoms with Gasteiger partial charge in [-0.15, -0.1) is 0 Å². The molecule has 0 spiro atoms. The lowest BCUT2D eigenvalue weighted by Gasteiger charge is -2.11. The standard InChI is InChI=1S/C20H19NO4S/c1-24-20-10-6-5-7-16(20)15-21-26(22,23)19-13-11-18(12-14-19)25-17-8-3-2-4-9-17/h2-14,21H,15H2,1H3. The minimum atomic E-state index is -3.63. The third-order valence-corrected chi connectivity index (χ3v) is 5.18. The van der Waals surface area contributed by atoms with Crippen LogP contribution in [-0.4, -0.2) is 15.5 Å². The fourth-order valence-corrected chi connectivity index (χ4v) is 3.42. The summed E-state index contributed by atoms with van der Waals surface area (Å²) in [5.74, 6) is 1.90. The van der Waals surface area contributed by atoms with Crippen LogP contribution < -0.4 is 14.2 Å². The molecule has 0 heterocycles. The number of hydrogen-bond donors (Lipinski definition) is 1. The molecule has 134 valence electrons. The maximum absolute atomic E-state index is 12.5. The Morgan fingerprint density at radius 2 is 1.42 bits per heavy atom. The first-order chi connectivity index (χ1) is 12.6. The third-order valence-electron chi connectivity index (χ3n) is 3.76.